The van der Waals surface area contributed by atoms with Gasteiger partial charge in [-0.05, 0) is 127 Å². The number of nitrogens with zero attached hydrogens (tertiary/aromatic N) is 3. The number of benzene rings is 2. The van der Waals surface area contributed by atoms with Gasteiger partial charge >= 0.3 is 11.9 Å². The van der Waals surface area contributed by atoms with E-state index in [2.05, 4.69) is 73.9 Å². The molecule has 0 aliphatic heterocycles. The topological polar surface area (TPSA) is 127 Å². The highest BCUT2D eigenvalue weighted by atomic mass is 32.1. The lowest BCUT2D eigenvalue weighted by Crippen LogP contribution is -1.97. The van der Waals surface area contributed by atoms with E-state index in [4.69, 9.17) is 0 Å². The number of carboxylic acids is 2. The Hall–Kier alpha value is -5.56. The summed E-state index contributed by atoms with van der Waals surface area (Å²) < 4.78 is 2.52. The molecule has 11 heteroatoms. The highest BCUT2D eigenvalue weighted by Gasteiger charge is 2.20. The molecule has 0 bridgehead atoms. The molecule has 7 rings (SSSR count). The molecular weight excluding hydrogens is 883 g/mol. The number of aryl methyl sites for hydroxylation is 3. The van der Waals surface area contributed by atoms with Gasteiger partial charge in [0.15, 0.2) is 0 Å². The molecule has 0 atom stereocenters. The number of aromatic nitrogens is 1. The monoisotopic (exact) mass is 937 g/mol. The first-order chi connectivity index (χ1) is 31.7. The second-order valence-electron chi connectivity index (χ2n) is 16.6. The van der Waals surface area contributed by atoms with Crippen molar-refractivity contribution in [3.8, 4) is 52.5 Å². The lowest BCUT2D eigenvalue weighted by Gasteiger charge is -2.09. The Bertz CT molecular complexity index is 2760. The zero-order valence-electron chi connectivity index (χ0n) is 37.4. The molecule has 2 N–H and O–H groups in total. The SMILES string of the molecule is CCCCCCc1cc(-c2ccc(/C=C(\C#N)C(=O)O)s2)sc1-c1ccc2c(c1)c1cc(-c3sc(-c4ccc(/C=C(\C#N)C(=O)O)s4)cc3CCCCCC)ccc1n2CCCCCC. The van der Waals surface area contributed by atoms with Gasteiger partial charge in [0, 0.05) is 67.4 Å². The summed E-state index contributed by atoms with van der Waals surface area (Å²) in [6.07, 6.45) is 18.9. The van der Waals surface area contributed by atoms with Gasteiger partial charge in [-0.25, -0.2) is 9.59 Å². The fraction of sp³-hybridized carbons (Fsp3) is 0.333. The third kappa shape index (κ3) is 11.3. The molecule has 7 aromatic rings. The van der Waals surface area contributed by atoms with E-state index in [9.17, 15) is 30.3 Å². The molecule has 65 heavy (non-hydrogen) atoms. The lowest BCUT2D eigenvalue weighted by atomic mass is 10.00. The number of carboxylic acid groups (broad SMARTS) is 2. The summed E-state index contributed by atoms with van der Waals surface area (Å²) in [5.74, 6) is -2.44. The highest BCUT2D eigenvalue weighted by Crippen LogP contribution is 2.46. The first-order valence-electron chi connectivity index (χ1n) is 22.9. The van der Waals surface area contributed by atoms with Gasteiger partial charge in [0.25, 0.3) is 0 Å². The van der Waals surface area contributed by atoms with Gasteiger partial charge in [0.05, 0.1) is 0 Å². The van der Waals surface area contributed by atoms with Crippen molar-refractivity contribution in [3.05, 3.63) is 105 Å². The molecule has 5 heterocycles. The molecule has 0 fully saturated rings. The first-order valence-corrected chi connectivity index (χ1v) is 26.2. The molecule has 0 unspecified atom stereocenters. The second kappa shape index (κ2) is 22.6. The molecule has 5 aromatic heterocycles. The largest absolute Gasteiger partial charge is 0.477 e. The normalized spacial score (nSPS) is 12.0. The van der Waals surface area contributed by atoms with Crippen molar-refractivity contribution in [2.24, 2.45) is 0 Å². The van der Waals surface area contributed by atoms with E-state index in [1.165, 1.54) is 146 Å². The van der Waals surface area contributed by atoms with Gasteiger partial charge in [0.1, 0.15) is 23.3 Å². The van der Waals surface area contributed by atoms with Crippen molar-refractivity contribution in [1.82, 2.24) is 4.57 Å². The Morgan fingerprint density at radius 2 is 0.969 bits per heavy atom. The first kappa shape index (κ1) is 47.4. The summed E-state index contributed by atoms with van der Waals surface area (Å²) in [6.45, 7) is 7.68. The predicted octanol–water partition coefficient (Wildman–Crippen LogP) is 16.5. The number of unbranched alkanes of at least 4 members (excludes halogenated alkanes) is 9. The number of rotatable bonds is 23. The van der Waals surface area contributed by atoms with Crippen molar-refractivity contribution in [1.29, 1.82) is 10.5 Å². The van der Waals surface area contributed by atoms with Crippen LogP contribution in [0.2, 0.25) is 0 Å². The zero-order chi connectivity index (χ0) is 45.9. The van der Waals surface area contributed by atoms with E-state index < -0.39 is 11.9 Å². The third-order valence-corrected chi connectivity index (χ3v) is 16.8. The highest BCUT2D eigenvalue weighted by molar-refractivity contribution is 7.25. The molecular formula is C54H55N3O4S4. The molecule has 2 aromatic carbocycles. The second-order valence-corrected chi connectivity index (χ2v) is 20.9. The summed E-state index contributed by atoms with van der Waals surface area (Å²) in [6, 6.07) is 30.2. The molecule has 0 spiro atoms. The van der Waals surface area contributed by atoms with Crippen LogP contribution in [0.3, 0.4) is 0 Å². The molecule has 0 amide bonds. The minimum Gasteiger partial charge on any atom is -0.477 e. The van der Waals surface area contributed by atoms with Gasteiger partial charge in [-0.15, -0.1) is 45.3 Å². The van der Waals surface area contributed by atoms with Crippen LogP contribution < -0.4 is 0 Å². The van der Waals surface area contributed by atoms with E-state index in [1.54, 1.807) is 34.8 Å². The maximum absolute atomic E-state index is 11.6. The fourth-order valence-electron chi connectivity index (χ4n) is 8.46. The smallest absolute Gasteiger partial charge is 0.346 e. The van der Waals surface area contributed by atoms with Crippen LogP contribution in [0.5, 0.6) is 0 Å². The third-order valence-electron chi connectivity index (χ3n) is 11.9. The average Bonchev–Trinajstić information content (AvgIpc) is 4.16. The van der Waals surface area contributed by atoms with Gasteiger partial charge in [-0.3, -0.25) is 0 Å². The number of fused-ring (bicyclic) bond motifs is 3. The Morgan fingerprint density at radius 1 is 0.538 bits per heavy atom. The standard InChI is InChI=1S/C54H55N3O4S4/c1-4-7-10-13-16-35-31-49(47-24-20-41(62-47)27-39(33-55)53(58)59)64-51(35)37-18-22-45-43(29-37)44-30-38(19-23-46(44)57(45)26-15-12-9-6-3)52-36(17-14-11-8-5-2)32-50(65-52)48-25-21-42(63-48)28-40(34-56)54(60)61/h18-25,27-32H,4-17,26H2,1-3H3,(H,58,59)(H,60,61)/b39-27+,40-28+. The van der Waals surface area contributed by atoms with Gasteiger partial charge in [0.2, 0.25) is 0 Å². The van der Waals surface area contributed by atoms with E-state index in [-0.39, 0.29) is 11.1 Å². The molecule has 0 aliphatic carbocycles. The Balaban J connectivity index is 1.34. The molecule has 0 aliphatic rings. The lowest BCUT2D eigenvalue weighted by molar-refractivity contribution is -0.133. The predicted molar refractivity (Wildman–Crippen MR) is 275 cm³/mol. The van der Waals surface area contributed by atoms with Crippen LogP contribution in [0, 0.1) is 22.7 Å². The molecule has 7 nitrogen and oxygen atoms in total. The van der Waals surface area contributed by atoms with Crippen LogP contribution in [0.15, 0.2) is 83.9 Å². The van der Waals surface area contributed by atoms with E-state index in [0.717, 1.165) is 67.9 Å². The Kier molecular flexibility index (Phi) is 16.5. The number of carbonyl (C=O) groups is 2. The molecule has 0 saturated carbocycles. The number of hydrogen-bond donors (Lipinski definition) is 2. The zero-order valence-corrected chi connectivity index (χ0v) is 40.6. The summed E-state index contributed by atoms with van der Waals surface area (Å²) in [5, 5.41) is 40.2. The van der Waals surface area contributed by atoms with Gasteiger partial charge < -0.3 is 14.8 Å². The number of aliphatic carboxylic acids is 2. The molecule has 0 saturated heterocycles. The maximum Gasteiger partial charge on any atom is 0.346 e. The molecule has 334 valence electrons. The quantitative estimate of drug-likeness (QED) is 0.0374. The van der Waals surface area contributed by atoms with Crippen LogP contribution in [-0.2, 0) is 29.0 Å². The Morgan fingerprint density at radius 3 is 1.37 bits per heavy atom. The van der Waals surface area contributed by atoms with Crippen LogP contribution in [-0.4, -0.2) is 26.7 Å². The average molecular weight is 938 g/mol. The van der Waals surface area contributed by atoms with Crippen LogP contribution >= 0.6 is 45.3 Å². The molecule has 0 radical (unpaired) electrons. The number of hydrogen-bond acceptors (Lipinski definition) is 8. The summed E-state index contributed by atoms with van der Waals surface area (Å²) in [7, 11) is 0. The maximum atomic E-state index is 11.6. The van der Waals surface area contributed by atoms with Gasteiger partial charge in [-0.2, -0.15) is 10.5 Å². The van der Waals surface area contributed by atoms with Crippen molar-refractivity contribution >= 4 is 91.2 Å². The van der Waals surface area contributed by atoms with Crippen molar-refractivity contribution in [3.63, 3.8) is 0 Å². The van der Waals surface area contributed by atoms with E-state index in [0.29, 0.717) is 0 Å². The summed E-state index contributed by atoms with van der Waals surface area (Å²) in [4.78, 5) is 31.6. The van der Waals surface area contributed by atoms with Gasteiger partial charge in [-0.1, -0.05) is 90.7 Å². The van der Waals surface area contributed by atoms with Crippen LogP contribution in [0.25, 0.3) is 74.3 Å². The number of nitriles is 2. The Labute approximate surface area is 398 Å². The minimum atomic E-state index is -1.22. The fourth-order valence-corrected chi connectivity index (χ4v) is 12.9. The van der Waals surface area contributed by atoms with Crippen LogP contribution in [0.4, 0.5) is 0 Å². The van der Waals surface area contributed by atoms with Crippen LogP contribution in [0.1, 0.15) is 119 Å². The van der Waals surface area contributed by atoms with Crippen molar-refractivity contribution in [2.45, 2.75) is 117 Å². The summed E-state index contributed by atoms with van der Waals surface area (Å²) >= 11 is 6.60. The number of thiophene rings is 4. The van der Waals surface area contributed by atoms with E-state index >= 15 is 0 Å². The van der Waals surface area contributed by atoms with Crippen molar-refractivity contribution in [2.75, 3.05) is 0 Å². The minimum absolute atomic E-state index is 0.273. The van der Waals surface area contributed by atoms with E-state index in [1.807, 2.05) is 24.3 Å². The van der Waals surface area contributed by atoms with Crippen molar-refractivity contribution < 1.29 is 19.8 Å². The summed E-state index contributed by atoms with van der Waals surface area (Å²) in [5.41, 5.74) is 6.99.